The van der Waals surface area contributed by atoms with Crippen LogP contribution in [0, 0.1) is 0 Å². The SMILES string of the molecule is CCOc1ccc(Cl)cc1S(=O)(=O)NC(Cc1ccccc1)C(=O)NCc1ccccn1. The zero-order chi connectivity index (χ0) is 23.0. The lowest BCUT2D eigenvalue weighted by molar-refractivity contribution is -0.122. The largest absolute Gasteiger partial charge is 0.492 e. The van der Waals surface area contributed by atoms with Gasteiger partial charge in [-0.3, -0.25) is 9.78 Å². The van der Waals surface area contributed by atoms with Crippen molar-refractivity contribution in [2.24, 2.45) is 0 Å². The summed E-state index contributed by atoms with van der Waals surface area (Å²) in [6, 6.07) is 17.8. The maximum atomic E-state index is 13.2. The number of carbonyl (C=O) groups excluding carboxylic acids is 1. The van der Waals surface area contributed by atoms with Gasteiger partial charge in [-0.1, -0.05) is 48.0 Å². The molecule has 32 heavy (non-hydrogen) atoms. The van der Waals surface area contributed by atoms with Crippen LogP contribution in [0.4, 0.5) is 0 Å². The quantitative estimate of drug-likeness (QED) is 0.470. The monoisotopic (exact) mass is 473 g/mol. The van der Waals surface area contributed by atoms with Crippen LogP contribution in [0.1, 0.15) is 18.2 Å². The van der Waals surface area contributed by atoms with Crippen LogP contribution in [0.3, 0.4) is 0 Å². The number of hydrogen-bond acceptors (Lipinski definition) is 5. The second kappa shape index (κ2) is 11.1. The van der Waals surface area contributed by atoms with E-state index in [1.165, 1.54) is 12.1 Å². The van der Waals surface area contributed by atoms with Crippen molar-refractivity contribution in [1.82, 2.24) is 15.0 Å². The second-order valence-electron chi connectivity index (χ2n) is 6.93. The van der Waals surface area contributed by atoms with Crippen LogP contribution < -0.4 is 14.8 Å². The Morgan fingerprint density at radius 2 is 1.84 bits per heavy atom. The predicted molar refractivity (Wildman–Crippen MR) is 123 cm³/mol. The number of pyridine rings is 1. The number of amides is 1. The molecular formula is C23H24ClN3O4S. The fraction of sp³-hybridized carbons (Fsp3) is 0.217. The van der Waals surface area contributed by atoms with E-state index >= 15 is 0 Å². The van der Waals surface area contributed by atoms with Crippen molar-refractivity contribution in [2.75, 3.05) is 6.61 Å². The molecule has 0 bridgehead atoms. The first-order chi connectivity index (χ1) is 15.4. The Kier molecular flexibility index (Phi) is 8.21. The van der Waals surface area contributed by atoms with Crippen LogP contribution in [0.15, 0.2) is 77.8 Å². The molecule has 3 rings (SSSR count). The lowest BCUT2D eigenvalue weighted by atomic mass is 10.1. The predicted octanol–water partition coefficient (Wildman–Crippen LogP) is 3.34. The maximum absolute atomic E-state index is 13.2. The summed E-state index contributed by atoms with van der Waals surface area (Å²) < 4.78 is 34.4. The molecule has 0 aliphatic heterocycles. The van der Waals surface area contributed by atoms with Crippen molar-refractivity contribution in [3.63, 3.8) is 0 Å². The average Bonchev–Trinajstić information content (AvgIpc) is 2.79. The first kappa shape index (κ1) is 23.7. The number of carbonyl (C=O) groups is 1. The van der Waals surface area contributed by atoms with Gasteiger partial charge in [0.05, 0.1) is 18.8 Å². The molecule has 0 saturated heterocycles. The highest BCUT2D eigenvalue weighted by Gasteiger charge is 2.28. The Morgan fingerprint density at radius 1 is 1.09 bits per heavy atom. The van der Waals surface area contributed by atoms with Gasteiger partial charge in [0.25, 0.3) is 0 Å². The van der Waals surface area contributed by atoms with E-state index in [1.54, 1.807) is 31.3 Å². The van der Waals surface area contributed by atoms with Crippen LogP contribution >= 0.6 is 11.6 Å². The van der Waals surface area contributed by atoms with Gasteiger partial charge in [0.15, 0.2) is 0 Å². The van der Waals surface area contributed by atoms with E-state index in [2.05, 4.69) is 15.0 Å². The molecule has 1 atom stereocenters. The summed E-state index contributed by atoms with van der Waals surface area (Å²) in [6.07, 6.45) is 1.79. The minimum Gasteiger partial charge on any atom is -0.492 e. The Labute approximate surface area is 192 Å². The van der Waals surface area contributed by atoms with Gasteiger partial charge in [0, 0.05) is 11.2 Å². The summed E-state index contributed by atoms with van der Waals surface area (Å²) in [5, 5.41) is 3.00. The van der Waals surface area contributed by atoms with E-state index in [-0.39, 0.29) is 35.2 Å². The fourth-order valence-electron chi connectivity index (χ4n) is 3.06. The number of hydrogen-bond donors (Lipinski definition) is 2. The van der Waals surface area contributed by atoms with Crippen molar-refractivity contribution in [1.29, 1.82) is 0 Å². The zero-order valence-corrected chi connectivity index (χ0v) is 19.1. The topological polar surface area (TPSA) is 97.4 Å². The molecule has 2 N–H and O–H groups in total. The highest BCUT2D eigenvalue weighted by molar-refractivity contribution is 7.89. The summed E-state index contributed by atoms with van der Waals surface area (Å²) in [6.45, 7) is 2.21. The van der Waals surface area contributed by atoms with E-state index < -0.39 is 22.0 Å². The van der Waals surface area contributed by atoms with E-state index in [0.29, 0.717) is 5.69 Å². The molecule has 0 aliphatic carbocycles. The average molecular weight is 474 g/mol. The van der Waals surface area contributed by atoms with Crippen LogP contribution in [0.2, 0.25) is 5.02 Å². The second-order valence-corrected chi connectivity index (χ2v) is 9.05. The van der Waals surface area contributed by atoms with Gasteiger partial charge in [-0.25, -0.2) is 8.42 Å². The van der Waals surface area contributed by atoms with Gasteiger partial charge in [-0.05, 0) is 49.2 Å². The van der Waals surface area contributed by atoms with Crippen molar-refractivity contribution < 1.29 is 17.9 Å². The molecule has 1 unspecified atom stereocenters. The summed E-state index contributed by atoms with van der Waals surface area (Å²) >= 11 is 6.04. The molecule has 1 aromatic heterocycles. The number of aromatic nitrogens is 1. The van der Waals surface area contributed by atoms with Crippen molar-refractivity contribution >= 4 is 27.5 Å². The lowest BCUT2D eigenvalue weighted by Gasteiger charge is -2.20. The molecule has 0 spiro atoms. The number of rotatable bonds is 10. The minimum atomic E-state index is -4.12. The molecule has 168 valence electrons. The Morgan fingerprint density at radius 3 is 2.53 bits per heavy atom. The van der Waals surface area contributed by atoms with Gasteiger partial charge < -0.3 is 10.1 Å². The summed E-state index contributed by atoms with van der Waals surface area (Å²) in [5.74, 6) is -0.306. The number of nitrogens with zero attached hydrogens (tertiary/aromatic N) is 1. The third-order valence-corrected chi connectivity index (χ3v) is 6.29. The summed E-state index contributed by atoms with van der Waals surface area (Å²) in [5.41, 5.74) is 1.47. The Hall–Kier alpha value is -2.94. The standard InChI is InChI=1S/C23H24ClN3O4S/c1-2-31-21-12-11-18(24)15-22(21)32(29,30)27-20(14-17-8-4-3-5-9-17)23(28)26-16-19-10-6-7-13-25-19/h3-13,15,20,27H,2,14,16H2,1H3,(H,26,28). The molecule has 0 radical (unpaired) electrons. The van der Waals surface area contributed by atoms with Crippen molar-refractivity contribution in [3.8, 4) is 5.75 Å². The third kappa shape index (κ3) is 6.53. The number of benzene rings is 2. The number of ether oxygens (including phenoxy) is 1. The first-order valence-electron chi connectivity index (χ1n) is 10.1. The van der Waals surface area contributed by atoms with E-state index in [9.17, 15) is 13.2 Å². The van der Waals surface area contributed by atoms with Crippen LogP contribution in [-0.4, -0.2) is 32.0 Å². The van der Waals surface area contributed by atoms with Crippen LogP contribution in [0.5, 0.6) is 5.75 Å². The molecule has 7 nitrogen and oxygen atoms in total. The molecule has 1 heterocycles. The van der Waals surface area contributed by atoms with Gasteiger partial charge >= 0.3 is 0 Å². The molecule has 9 heteroatoms. The highest BCUT2D eigenvalue weighted by Crippen LogP contribution is 2.27. The molecule has 0 fully saturated rings. The maximum Gasteiger partial charge on any atom is 0.245 e. The van der Waals surface area contributed by atoms with Gasteiger partial charge in [-0.2, -0.15) is 4.72 Å². The first-order valence-corrected chi connectivity index (χ1v) is 11.9. The third-order valence-electron chi connectivity index (χ3n) is 4.56. The lowest BCUT2D eigenvalue weighted by Crippen LogP contribution is -2.47. The van der Waals surface area contributed by atoms with Crippen molar-refractivity contribution in [3.05, 3.63) is 89.2 Å². The van der Waals surface area contributed by atoms with E-state index in [0.717, 1.165) is 5.56 Å². The number of halogens is 1. The minimum absolute atomic E-state index is 0.123. The smallest absolute Gasteiger partial charge is 0.245 e. The summed E-state index contributed by atoms with van der Waals surface area (Å²) in [4.78, 5) is 17.0. The van der Waals surface area contributed by atoms with E-state index in [1.807, 2.05) is 36.4 Å². The Bertz CT molecular complexity index is 1140. The summed E-state index contributed by atoms with van der Waals surface area (Å²) in [7, 11) is -4.12. The zero-order valence-electron chi connectivity index (χ0n) is 17.5. The van der Waals surface area contributed by atoms with Crippen LogP contribution in [0.25, 0.3) is 0 Å². The van der Waals surface area contributed by atoms with Gasteiger partial charge in [0.1, 0.15) is 16.7 Å². The van der Waals surface area contributed by atoms with Crippen LogP contribution in [-0.2, 0) is 27.8 Å². The fourth-order valence-corrected chi connectivity index (χ4v) is 4.66. The molecule has 2 aromatic carbocycles. The number of sulfonamides is 1. The van der Waals surface area contributed by atoms with Crippen molar-refractivity contribution in [2.45, 2.75) is 30.8 Å². The highest BCUT2D eigenvalue weighted by atomic mass is 35.5. The normalized spacial score (nSPS) is 12.2. The molecular weight excluding hydrogens is 450 g/mol. The molecule has 0 saturated carbocycles. The van der Waals surface area contributed by atoms with Gasteiger partial charge in [-0.15, -0.1) is 0 Å². The molecule has 3 aromatic rings. The Balaban J connectivity index is 1.86. The number of nitrogens with one attached hydrogen (secondary N) is 2. The molecule has 1 amide bonds. The van der Waals surface area contributed by atoms with Gasteiger partial charge in [0.2, 0.25) is 15.9 Å². The molecule has 0 aliphatic rings. The van der Waals surface area contributed by atoms with E-state index in [4.69, 9.17) is 16.3 Å².